The van der Waals surface area contributed by atoms with E-state index in [4.69, 9.17) is 11.6 Å². The number of rotatable bonds is 5. The third-order valence-electron chi connectivity index (χ3n) is 5.84. The minimum atomic E-state index is -0.334. The van der Waals surface area contributed by atoms with Crippen LogP contribution < -0.4 is 5.32 Å². The Bertz CT molecular complexity index is 1090. The van der Waals surface area contributed by atoms with E-state index < -0.39 is 0 Å². The molecule has 0 aromatic heterocycles. The summed E-state index contributed by atoms with van der Waals surface area (Å²) in [7, 11) is 0. The van der Waals surface area contributed by atoms with E-state index in [1.165, 1.54) is 12.1 Å². The summed E-state index contributed by atoms with van der Waals surface area (Å²) in [4.78, 5) is 28.1. The molecule has 0 bridgehead atoms. The van der Waals surface area contributed by atoms with Gasteiger partial charge in [0.25, 0.3) is 5.91 Å². The lowest BCUT2D eigenvalue weighted by atomic mass is 9.87. The molecule has 1 aliphatic rings. The molecule has 0 saturated carbocycles. The van der Waals surface area contributed by atoms with Crippen LogP contribution in [0, 0.1) is 11.7 Å². The van der Waals surface area contributed by atoms with Gasteiger partial charge in [-0.05, 0) is 60.4 Å². The Labute approximate surface area is 192 Å². The molecule has 3 aromatic carbocycles. The molecule has 1 N–H and O–H groups in total. The molecule has 4 nitrogen and oxygen atoms in total. The van der Waals surface area contributed by atoms with Gasteiger partial charge in [0.05, 0.1) is 12.0 Å². The van der Waals surface area contributed by atoms with Gasteiger partial charge in [0.1, 0.15) is 5.82 Å². The molecule has 2 atom stereocenters. The van der Waals surface area contributed by atoms with Crippen LogP contribution in [-0.4, -0.2) is 23.3 Å². The summed E-state index contributed by atoms with van der Waals surface area (Å²) < 4.78 is 13.4. The molecule has 4 rings (SSSR count). The maximum atomic E-state index is 13.4. The van der Waals surface area contributed by atoms with E-state index in [9.17, 15) is 14.0 Å². The third-order valence-corrected chi connectivity index (χ3v) is 6.10. The molecule has 0 radical (unpaired) electrons. The van der Waals surface area contributed by atoms with Gasteiger partial charge in [-0.25, -0.2) is 4.39 Å². The van der Waals surface area contributed by atoms with Crippen LogP contribution in [0.3, 0.4) is 0 Å². The average molecular weight is 451 g/mol. The first kappa shape index (κ1) is 22.0. The Morgan fingerprint density at radius 3 is 2.44 bits per heavy atom. The van der Waals surface area contributed by atoms with Gasteiger partial charge >= 0.3 is 0 Å². The fraction of sp³-hybridized carbons (Fsp3) is 0.231. The molecule has 2 amide bonds. The highest BCUT2D eigenvalue weighted by atomic mass is 35.5. The van der Waals surface area contributed by atoms with Crippen LogP contribution in [0.2, 0.25) is 5.02 Å². The highest BCUT2D eigenvalue weighted by molar-refractivity contribution is 6.30. The van der Waals surface area contributed by atoms with Crippen LogP contribution in [0.25, 0.3) is 0 Å². The smallest absolute Gasteiger partial charge is 0.254 e. The zero-order valence-electron chi connectivity index (χ0n) is 17.5. The van der Waals surface area contributed by atoms with Crippen LogP contribution in [0.15, 0.2) is 78.9 Å². The normalized spacial score (nSPS) is 18.2. The first-order chi connectivity index (χ1) is 15.5. The number of amides is 2. The first-order valence-corrected chi connectivity index (χ1v) is 11.0. The number of hydrogen-bond donors (Lipinski definition) is 1. The molecule has 1 fully saturated rings. The molecule has 1 saturated heterocycles. The van der Waals surface area contributed by atoms with Gasteiger partial charge in [0.2, 0.25) is 5.91 Å². The van der Waals surface area contributed by atoms with E-state index >= 15 is 0 Å². The summed E-state index contributed by atoms with van der Waals surface area (Å²) in [6.07, 6.45) is 1.35. The second-order valence-corrected chi connectivity index (χ2v) is 8.45. The summed E-state index contributed by atoms with van der Waals surface area (Å²) in [5.41, 5.74) is 2.29. The first-order valence-electron chi connectivity index (χ1n) is 10.6. The Balaban J connectivity index is 1.51. The number of carbonyl (C=O) groups excluding carboxylic acids is 2. The van der Waals surface area contributed by atoms with Gasteiger partial charge in [-0.1, -0.05) is 54.1 Å². The average Bonchev–Trinajstić information content (AvgIpc) is 2.83. The molecule has 32 heavy (non-hydrogen) atoms. The number of nitrogens with one attached hydrogen (secondary N) is 1. The Morgan fingerprint density at radius 2 is 1.72 bits per heavy atom. The van der Waals surface area contributed by atoms with E-state index in [1.54, 1.807) is 41.3 Å². The summed E-state index contributed by atoms with van der Waals surface area (Å²) in [5.74, 6) is -0.924. The SMILES string of the molecule is O=C(NCc1cccc(F)c1)[C@H]1CC[C@@H](c2ccccc2)N(C(=O)c2ccc(Cl)cc2)C1. The minimum Gasteiger partial charge on any atom is -0.352 e. The molecular formula is C26H24ClFN2O2. The summed E-state index contributed by atoms with van der Waals surface area (Å²) in [6.45, 7) is 0.566. The summed E-state index contributed by atoms with van der Waals surface area (Å²) >= 11 is 5.99. The molecule has 3 aromatic rings. The Hall–Kier alpha value is -3.18. The standard InChI is InChI=1S/C26H24ClFN2O2/c27-22-12-9-20(10-13-22)26(32)30-17-21(11-14-24(30)19-6-2-1-3-7-19)25(31)29-16-18-5-4-8-23(28)15-18/h1-10,12-13,15,21,24H,11,14,16-17H2,(H,29,31)/t21-,24-/m0/s1. The zero-order valence-corrected chi connectivity index (χ0v) is 18.3. The van der Waals surface area contributed by atoms with Crippen LogP contribution >= 0.6 is 11.6 Å². The maximum absolute atomic E-state index is 13.4. The summed E-state index contributed by atoms with van der Waals surface area (Å²) in [5, 5.41) is 3.46. The minimum absolute atomic E-state index is 0.105. The largest absolute Gasteiger partial charge is 0.352 e. The maximum Gasteiger partial charge on any atom is 0.254 e. The number of piperidine rings is 1. The van der Waals surface area contributed by atoms with Gasteiger partial charge in [0.15, 0.2) is 0 Å². The van der Waals surface area contributed by atoms with Crippen molar-refractivity contribution in [2.45, 2.75) is 25.4 Å². The highest BCUT2D eigenvalue weighted by Gasteiger charge is 2.35. The molecule has 1 heterocycles. The lowest BCUT2D eigenvalue weighted by Crippen LogP contribution is -2.46. The third kappa shape index (κ3) is 5.17. The zero-order chi connectivity index (χ0) is 22.5. The van der Waals surface area contributed by atoms with Crippen LogP contribution in [0.5, 0.6) is 0 Å². The quantitative estimate of drug-likeness (QED) is 0.566. The monoisotopic (exact) mass is 450 g/mol. The van der Waals surface area contributed by atoms with E-state index in [0.29, 0.717) is 35.5 Å². The van der Waals surface area contributed by atoms with Gasteiger partial charge in [-0.2, -0.15) is 0 Å². The van der Waals surface area contributed by atoms with E-state index in [2.05, 4.69) is 5.32 Å². The molecule has 6 heteroatoms. The lowest BCUT2D eigenvalue weighted by Gasteiger charge is -2.39. The van der Waals surface area contributed by atoms with Crippen molar-refractivity contribution in [1.82, 2.24) is 10.2 Å². The summed E-state index contributed by atoms with van der Waals surface area (Å²) in [6, 6.07) is 22.7. The van der Waals surface area contributed by atoms with E-state index in [1.807, 2.05) is 30.3 Å². The lowest BCUT2D eigenvalue weighted by molar-refractivity contribution is -0.127. The van der Waals surface area contributed by atoms with Crippen molar-refractivity contribution in [3.05, 3.63) is 106 Å². The molecule has 0 aliphatic carbocycles. The van der Waals surface area contributed by atoms with Crippen LogP contribution in [0.1, 0.15) is 40.4 Å². The number of benzene rings is 3. The van der Waals surface area contributed by atoms with Crippen molar-refractivity contribution in [3.63, 3.8) is 0 Å². The topological polar surface area (TPSA) is 49.4 Å². The van der Waals surface area contributed by atoms with Gasteiger partial charge in [-0.15, -0.1) is 0 Å². The number of halogens is 2. The second-order valence-electron chi connectivity index (χ2n) is 8.01. The molecule has 1 aliphatic heterocycles. The highest BCUT2D eigenvalue weighted by Crippen LogP contribution is 2.34. The van der Waals surface area contributed by atoms with Crippen LogP contribution in [0.4, 0.5) is 4.39 Å². The van der Waals surface area contributed by atoms with Crippen molar-refractivity contribution in [2.24, 2.45) is 5.92 Å². The van der Waals surface area contributed by atoms with Crippen molar-refractivity contribution in [1.29, 1.82) is 0 Å². The molecule has 0 spiro atoms. The van der Waals surface area contributed by atoms with Crippen molar-refractivity contribution >= 4 is 23.4 Å². The molecule has 0 unspecified atom stereocenters. The van der Waals surface area contributed by atoms with Gasteiger partial charge in [-0.3, -0.25) is 9.59 Å². The Kier molecular flexibility index (Phi) is 6.86. The van der Waals surface area contributed by atoms with Crippen LogP contribution in [-0.2, 0) is 11.3 Å². The second kappa shape index (κ2) is 9.96. The Morgan fingerprint density at radius 1 is 0.969 bits per heavy atom. The number of nitrogens with zero attached hydrogens (tertiary/aromatic N) is 1. The van der Waals surface area contributed by atoms with E-state index in [-0.39, 0.29) is 36.1 Å². The predicted octanol–water partition coefficient (Wildman–Crippen LogP) is 5.39. The van der Waals surface area contributed by atoms with Crippen molar-refractivity contribution in [3.8, 4) is 0 Å². The number of carbonyl (C=O) groups is 2. The molecular weight excluding hydrogens is 427 g/mol. The fourth-order valence-corrected chi connectivity index (χ4v) is 4.30. The predicted molar refractivity (Wildman–Crippen MR) is 123 cm³/mol. The fourth-order valence-electron chi connectivity index (χ4n) is 4.17. The number of likely N-dealkylation sites (tertiary alicyclic amines) is 1. The van der Waals surface area contributed by atoms with E-state index in [0.717, 1.165) is 5.56 Å². The number of hydrogen-bond acceptors (Lipinski definition) is 2. The van der Waals surface area contributed by atoms with Gasteiger partial charge < -0.3 is 10.2 Å². The van der Waals surface area contributed by atoms with Crippen molar-refractivity contribution in [2.75, 3.05) is 6.54 Å². The molecule has 164 valence electrons. The van der Waals surface area contributed by atoms with Gasteiger partial charge in [0, 0.05) is 23.7 Å². The van der Waals surface area contributed by atoms with Crippen molar-refractivity contribution < 1.29 is 14.0 Å².